The van der Waals surface area contributed by atoms with Gasteiger partial charge in [0.2, 0.25) is 0 Å². The number of nitrogens with one attached hydrogen (secondary N) is 2. The van der Waals surface area contributed by atoms with Crippen molar-refractivity contribution < 1.29 is 0 Å². The van der Waals surface area contributed by atoms with Gasteiger partial charge in [-0.05, 0) is 60.4 Å². The Kier molecular flexibility index (Phi) is 5.17. The largest absolute Gasteiger partial charge is 0.355 e. The van der Waals surface area contributed by atoms with Gasteiger partial charge in [-0.15, -0.1) is 0 Å². The van der Waals surface area contributed by atoms with Crippen molar-refractivity contribution in [1.29, 1.82) is 0 Å². The highest BCUT2D eigenvalue weighted by atomic mass is 14.9. The van der Waals surface area contributed by atoms with Gasteiger partial charge < -0.3 is 10.6 Å². The minimum Gasteiger partial charge on any atom is -0.355 e. The number of para-hydroxylation sites is 2. The number of anilines is 4. The number of rotatable bonds is 6. The van der Waals surface area contributed by atoms with Crippen molar-refractivity contribution >= 4 is 22.7 Å². The lowest BCUT2D eigenvalue weighted by atomic mass is 10.1. The molecule has 3 aromatic carbocycles. The molecule has 0 saturated heterocycles. The molecule has 0 aliphatic heterocycles. The fraction of sp³-hybridized carbons (Fsp3) is 0.182. The SMILES string of the molecule is CCc1ccccc1Nc1ccc(Nc2ccccc2CC)cc1. The molecular formula is C22H24N2. The third-order valence-corrected chi connectivity index (χ3v) is 4.24. The van der Waals surface area contributed by atoms with Crippen LogP contribution in [0.15, 0.2) is 72.8 Å². The molecular weight excluding hydrogens is 292 g/mol. The molecule has 3 rings (SSSR count). The minimum absolute atomic E-state index is 1.02. The highest BCUT2D eigenvalue weighted by Crippen LogP contribution is 2.25. The molecule has 3 aromatic rings. The molecule has 0 radical (unpaired) electrons. The third kappa shape index (κ3) is 3.77. The lowest BCUT2D eigenvalue weighted by Gasteiger charge is -2.13. The lowest BCUT2D eigenvalue weighted by molar-refractivity contribution is 1.14. The van der Waals surface area contributed by atoms with E-state index in [2.05, 4.69) is 97.3 Å². The van der Waals surface area contributed by atoms with Crippen molar-refractivity contribution in [2.75, 3.05) is 10.6 Å². The predicted octanol–water partition coefficient (Wildman–Crippen LogP) is 6.30. The highest BCUT2D eigenvalue weighted by Gasteiger charge is 2.02. The average molecular weight is 316 g/mol. The summed E-state index contributed by atoms with van der Waals surface area (Å²) in [5.41, 5.74) is 7.22. The van der Waals surface area contributed by atoms with Crippen LogP contribution in [-0.2, 0) is 12.8 Å². The maximum absolute atomic E-state index is 3.51. The standard InChI is InChI=1S/C22H24N2/c1-3-17-9-5-7-11-21(17)23-19-13-15-20(16-14-19)24-22-12-8-6-10-18(22)4-2/h5-16,23-24H,3-4H2,1-2H3. The fourth-order valence-electron chi connectivity index (χ4n) is 2.85. The Balaban J connectivity index is 1.74. The van der Waals surface area contributed by atoms with E-state index in [9.17, 15) is 0 Å². The molecule has 0 amide bonds. The van der Waals surface area contributed by atoms with E-state index in [0.717, 1.165) is 24.2 Å². The molecule has 24 heavy (non-hydrogen) atoms. The average Bonchev–Trinajstić information content (AvgIpc) is 2.64. The molecule has 0 heterocycles. The summed E-state index contributed by atoms with van der Waals surface area (Å²) >= 11 is 0. The second-order valence-corrected chi connectivity index (χ2v) is 5.85. The second-order valence-electron chi connectivity index (χ2n) is 5.85. The molecule has 2 N–H and O–H groups in total. The van der Waals surface area contributed by atoms with E-state index in [1.807, 2.05) is 0 Å². The number of benzene rings is 3. The summed E-state index contributed by atoms with van der Waals surface area (Å²) in [7, 11) is 0. The molecule has 0 aromatic heterocycles. The Morgan fingerprint density at radius 2 is 0.917 bits per heavy atom. The number of hydrogen-bond donors (Lipinski definition) is 2. The summed E-state index contributed by atoms with van der Waals surface area (Å²) in [6.07, 6.45) is 2.05. The van der Waals surface area contributed by atoms with Gasteiger partial charge in [0.15, 0.2) is 0 Å². The Bertz CT molecular complexity index is 723. The molecule has 0 aliphatic carbocycles. The van der Waals surface area contributed by atoms with Crippen molar-refractivity contribution in [2.45, 2.75) is 26.7 Å². The Hall–Kier alpha value is -2.74. The third-order valence-electron chi connectivity index (χ3n) is 4.24. The first-order chi connectivity index (χ1) is 11.8. The van der Waals surface area contributed by atoms with Crippen molar-refractivity contribution in [3.8, 4) is 0 Å². The zero-order valence-corrected chi connectivity index (χ0v) is 14.3. The summed E-state index contributed by atoms with van der Waals surface area (Å²) < 4.78 is 0. The van der Waals surface area contributed by atoms with Gasteiger partial charge in [0.1, 0.15) is 0 Å². The normalized spacial score (nSPS) is 10.4. The van der Waals surface area contributed by atoms with E-state index in [1.54, 1.807) is 0 Å². The van der Waals surface area contributed by atoms with Crippen LogP contribution in [0.2, 0.25) is 0 Å². The Morgan fingerprint density at radius 3 is 1.29 bits per heavy atom. The van der Waals surface area contributed by atoms with Crippen LogP contribution in [0.25, 0.3) is 0 Å². The molecule has 2 nitrogen and oxygen atoms in total. The van der Waals surface area contributed by atoms with Crippen LogP contribution in [0.3, 0.4) is 0 Å². The fourth-order valence-corrected chi connectivity index (χ4v) is 2.85. The zero-order chi connectivity index (χ0) is 16.8. The van der Waals surface area contributed by atoms with Crippen LogP contribution in [0.1, 0.15) is 25.0 Å². The predicted molar refractivity (Wildman–Crippen MR) is 105 cm³/mol. The molecule has 0 fully saturated rings. The maximum atomic E-state index is 3.51. The second kappa shape index (κ2) is 7.69. The molecule has 0 spiro atoms. The van der Waals surface area contributed by atoms with Gasteiger partial charge in [0, 0.05) is 22.7 Å². The van der Waals surface area contributed by atoms with E-state index < -0.39 is 0 Å². The summed E-state index contributed by atoms with van der Waals surface area (Å²) in [4.78, 5) is 0. The van der Waals surface area contributed by atoms with E-state index in [4.69, 9.17) is 0 Å². The van der Waals surface area contributed by atoms with Crippen LogP contribution in [0.5, 0.6) is 0 Å². The van der Waals surface area contributed by atoms with Crippen molar-refractivity contribution in [2.24, 2.45) is 0 Å². The summed E-state index contributed by atoms with van der Waals surface area (Å²) in [6.45, 7) is 4.36. The molecule has 0 unspecified atom stereocenters. The summed E-state index contributed by atoms with van der Waals surface area (Å²) in [5.74, 6) is 0. The van der Waals surface area contributed by atoms with Gasteiger partial charge in [-0.1, -0.05) is 50.2 Å². The van der Waals surface area contributed by atoms with E-state index in [-0.39, 0.29) is 0 Å². The van der Waals surface area contributed by atoms with Gasteiger partial charge in [-0.2, -0.15) is 0 Å². The van der Waals surface area contributed by atoms with E-state index >= 15 is 0 Å². The highest BCUT2D eigenvalue weighted by molar-refractivity contribution is 5.68. The van der Waals surface area contributed by atoms with Crippen molar-refractivity contribution in [3.05, 3.63) is 83.9 Å². The van der Waals surface area contributed by atoms with Crippen molar-refractivity contribution in [3.63, 3.8) is 0 Å². The monoisotopic (exact) mass is 316 g/mol. The zero-order valence-electron chi connectivity index (χ0n) is 14.3. The number of hydrogen-bond acceptors (Lipinski definition) is 2. The smallest absolute Gasteiger partial charge is 0.0416 e. The number of aryl methyl sites for hydroxylation is 2. The van der Waals surface area contributed by atoms with Crippen LogP contribution in [-0.4, -0.2) is 0 Å². The van der Waals surface area contributed by atoms with E-state index in [1.165, 1.54) is 22.5 Å². The molecule has 0 bridgehead atoms. The van der Waals surface area contributed by atoms with Gasteiger partial charge >= 0.3 is 0 Å². The van der Waals surface area contributed by atoms with Crippen molar-refractivity contribution in [1.82, 2.24) is 0 Å². The van der Waals surface area contributed by atoms with E-state index in [0.29, 0.717) is 0 Å². The summed E-state index contributed by atoms with van der Waals surface area (Å²) in [5, 5.41) is 7.02. The molecule has 2 heteroatoms. The van der Waals surface area contributed by atoms with Gasteiger partial charge in [0.25, 0.3) is 0 Å². The topological polar surface area (TPSA) is 24.1 Å². The van der Waals surface area contributed by atoms with Gasteiger partial charge in [0.05, 0.1) is 0 Å². The van der Waals surface area contributed by atoms with Gasteiger partial charge in [-0.3, -0.25) is 0 Å². The minimum atomic E-state index is 1.02. The maximum Gasteiger partial charge on any atom is 0.0416 e. The summed E-state index contributed by atoms with van der Waals surface area (Å²) in [6, 6.07) is 25.4. The first kappa shape index (κ1) is 16.1. The quantitative estimate of drug-likeness (QED) is 0.557. The van der Waals surface area contributed by atoms with Crippen LogP contribution in [0.4, 0.5) is 22.7 Å². The van der Waals surface area contributed by atoms with Gasteiger partial charge in [-0.25, -0.2) is 0 Å². The first-order valence-electron chi connectivity index (χ1n) is 8.60. The first-order valence-corrected chi connectivity index (χ1v) is 8.60. The Labute approximate surface area is 144 Å². The van der Waals surface area contributed by atoms with Crippen LogP contribution >= 0.6 is 0 Å². The molecule has 0 aliphatic rings. The van der Waals surface area contributed by atoms with Crippen LogP contribution in [0, 0.1) is 0 Å². The van der Waals surface area contributed by atoms with Crippen LogP contribution < -0.4 is 10.6 Å². The Morgan fingerprint density at radius 1 is 0.542 bits per heavy atom. The molecule has 0 saturated carbocycles. The lowest BCUT2D eigenvalue weighted by Crippen LogP contribution is -1.97. The molecule has 0 atom stereocenters. The molecule has 122 valence electrons.